The zero-order valence-electron chi connectivity index (χ0n) is 16.3. The van der Waals surface area contributed by atoms with Crippen LogP contribution in [0.5, 0.6) is 0 Å². The average Bonchev–Trinajstić information content (AvgIpc) is 3.17. The zero-order valence-corrected chi connectivity index (χ0v) is 17.2. The van der Waals surface area contributed by atoms with E-state index in [2.05, 4.69) is 15.2 Å². The van der Waals surface area contributed by atoms with Crippen LogP contribution < -0.4 is 15.1 Å². The highest BCUT2D eigenvalue weighted by atomic mass is 32.2. The van der Waals surface area contributed by atoms with Gasteiger partial charge in [0.25, 0.3) is 0 Å². The lowest BCUT2D eigenvalue weighted by Gasteiger charge is -2.28. The molecule has 0 aliphatic carbocycles. The van der Waals surface area contributed by atoms with Crippen molar-refractivity contribution in [2.24, 2.45) is 5.92 Å². The van der Waals surface area contributed by atoms with Crippen molar-refractivity contribution in [3.05, 3.63) is 42.6 Å². The van der Waals surface area contributed by atoms with Crippen LogP contribution in [0.4, 0.5) is 17.2 Å². The van der Waals surface area contributed by atoms with Crippen molar-refractivity contribution in [1.29, 1.82) is 0 Å². The highest BCUT2D eigenvalue weighted by molar-refractivity contribution is 7.98. The van der Waals surface area contributed by atoms with E-state index in [4.69, 9.17) is 4.74 Å². The maximum Gasteiger partial charge on any atom is 0.230 e. The van der Waals surface area contributed by atoms with Crippen molar-refractivity contribution in [2.45, 2.75) is 11.3 Å². The Morgan fingerprint density at radius 3 is 2.76 bits per heavy atom. The summed E-state index contributed by atoms with van der Waals surface area (Å²) in [5, 5.41) is 2.85. The Morgan fingerprint density at radius 1 is 1.21 bits per heavy atom. The molecule has 1 aromatic carbocycles. The number of anilines is 3. The third-order valence-corrected chi connectivity index (χ3v) is 5.96. The van der Waals surface area contributed by atoms with E-state index in [1.165, 1.54) is 0 Å². The molecule has 2 aliphatic heterocycles. The summed E-state index contributed by atoms with van der Waals surface area (Å²) >= 11 is 1.63. The number of nitrogens with one attached hydrogen (secondary N) is 1. The number of ether oxygens (including phenoxy) is 1. The van der Waals surface area contributed by atoms with Crippen molar-refractivity contribution in [2.75, 3.05) is 54.2 Å². The van der Waals surface area contributed by atoms with Gasteiger partial charge < -0.3 is 19.9 Å². The molecule has 2 fully saturated rings. The molecule has 3 heterocycles. The third kappa shape index (κ3) is 4.54. The lowest BCUT2D eigenvalue weighted by molar-refractivity contribution is -0.122. The summed E-state index contributed by atoms with van der Waals surface area (Å²) < 4.78 is 5.36. The molecule has 0 unspecified atom stereocenters. The van der Waals surface area contributed by atoms with Crippen LogP contribution in [-0.4, -0.2) is 55.9 Å². The number of pyridine rings is 1. The minimum absolute atomic E-state index is 0.0287. The van der Waals surface area contributed by atoms with Crippen LogP contribution >= 0.6 is 11.8 Å². The Bertz CT molecular complexity index is 884. The first-order valence-electron chi connectivity index (χ1n) is 9.68. The lowest BCUT2D eigenvalue weighted by Crippen LogP contribution is -2.36. The van der Waals surface area contributed by atoms with Gasteiger partial charge in [-0.05, 0) is 36.6 Å². The topological polar surface area (TPSA) is 74.8 Å². The standard InChI is InChI=1S/C21H24N4O3S/c1-29-18-4-2-3-16(12-18)25-14-15(11-20(25)26)21(27)23-19-6-5-17(13-22-19)24-7-9-28-10-8-24/h2-6,12-13,15H,7-11,14H2,1H3,(H,22,23,27)/t15-/m0/s1. The predicted molar refractivity (Wildman–Crippen MR) is 115 cm³/mol. The summed E-state index contributed by atoms with van der Waals surface area (Å²) in [6.07, 6.45) is 3.97. The number of amides is 2. The summed E-state index contributed by atoms with van der Waals surface area (Å²) in [5.74, 6) is -0.0871. The Hall–Kier alpha value is -2.58. The fourth-order valence-electron chi connectivity index (χ4n) is 3.61. The van der Waals surface area contributed by atoms with Crippen LogP contribution in [0.25, 0.3) is 0 Å². The van der Waals surface area contributed by atoms with E-state index < -0.39 is 0 Å². The quantitative estimate of drug-likeness (QED) is 0.761. The number of benzene rings is 1. The normalized spacial score (nSPS) is 19.5. The smallest absolute Gasteiger partial charge is 0.230 e. The largest absolute Gasteiger partial charge is 0.378 e. The van der Waals surface area contributed by atoms with Gasteiger partial charge >= 0.3 is 0 Å². The number of thioether (sulfide) groups is 1. The Kier molecular flexibility index (Phi) is 6.01. The summed E-state index contributed by atoms with van der Waals surface area (Å²) in [4.78, 5) is 34.5. The maximum absolute atomic E-state index is 12.7. The van der Waals surface area contributed by atoms with E-state index in [1.54, 1.807) is 28.9 Å². The van der Waals surface area contributed by atoms with Crippen LogP contribution in [0.15, 0.2) is 47.5 Å². The van der Waals surface area contributed by atoms with E-state index in [-0.39, 0.29) is 24.2 Å². The molecule has 8 heteroatoms. The van der Waals surface area contributed by atoms with Crippen molar-refractivity contribution in [3.8, 4) is 0 Å². The van der Waals surface area contributed by atoms with Crippen LogP contribution in [0.3, 0.4) is 0 Å². The van der Waals surface area contributed by atoms with Crippen molar-refractivity contribution < 1.29 is 14.3 Å². The molecule has 0 spiro atoms. The number of morpholine rings is 1. The molecule has 0 saturated carbocycles. The van der Waals surface area contributed by atoms with Crippen molar-refractivity contribution in [3.63, 3.8) is 0 Å². The average molecular weight is 413 g/mol. The van der Waals surface area contributed by atoms with E-state index in [0.717, 1.165) is 29.4 Å². The second-order valence-corrected chi connectivity index (χ2v) is 7.98. The molecule has 0 radical (unpaired) electrons. The number of hydrogen-bond acceptors (Lipinski definition) is 6. The van der Waals surface area contributed by atoms with Crippen LogP contribution in [-0.2, 0) is 14.3 Å². The molecule has 1 aromatic heterocycles. The highest BCUT2D eigenvalue weighted by Crippen LogP contribution is 2.29. The van der Waals surface area contributed by atoms with Gasteiger partial charge in [-0.3, -0.25) is 9.59 Å². The second kappa shape index (κ2) is 8.84. The molecule has 0 bridgehead atoms. The molecule has 1 atom stereocenters. The molecule has 152 valence electrons. The molecular formula is C21H24N4O3S. The monoisotopic (exact) mass is 412 g/mol. The third-order valence-electron chi connectivity index (χ3n) is 5.24. The fourth-order valence-corrected chi connectivity index (χ4v) is 4.06. The maximum atomic E-state index is 12.7. The van der Waals surface area contributed by atoms with Gasteiger partial charge in [-0.15, -0.1) is 11.8 Å². The summed E-state index contributed by atoms with van der Waals surface area (Å²) in [6, 6.07) is 11.6. The van der Waals surface area contributed by atoms with Crippen LogP contribution in [0.1, 0.15) is 6.42 Å². The van der Waals surface area contributed by atoms with E-state index >= 15 is 0 Å². The number of carbonyl (C=O) groups excluding carboxylic acids is 2. The van der Waals surface area contributed by atoms with E-state index in [1.807, 2.05) is 36.6 Å². The summed E-state index contributed by atoms with van der Waals surface area (Å²) in [6.45, 7) is 3.49. The van der Waals surface area contributed by atoms with Gasteiger partial charge in [0.1, 0.15) is 5.82 Å². The summed E-state index contributed by atoms with van der Waals surface area (Å²) in [7, 11) is 0. The van der Waals surface area contributed by atoms with Gasteiger partial charge in [-0.1, -0.05) is 6.07 Å². The zero-order chi connectivity index (χ0) is 20.2. The first kappa shape index (κ1) is 19.7. The van der Waals surface area contributed by atoms with Crippen molar-refractivity contribution in [1.82, 2.24) is 4.98 Å². The summed E-state index contributed by atoms with van der Waals surface area (Å²) in [5.41, 5.74) is 1.85. The first-order chi connectivity index (χ1) is 14.1. The fraction of sp³-hybridized carbons (Fsp3) is 0.381. The van der Waals surface area contributed by atoms with Crippen LogP contribution in [0, 0.1) is 5.92 Å². The van der Waals surface area contributed by atoms with E-state index in [0.29, 0.717) is 25.6 Å². The van der Waals surface area contributed by atoms with Gasteiger partial charge in [0.2, 0.25) is 11.8 Å². The van der Waals surface area contributed by atoms with Gasteiger partial charge in [0, 0.05) is 36.6 Å². The highest BCUT2D eigenvalue weighted by Gasteiger charge is 2.35. The Labute approximate surface area is 174 Å². The molecule has 2 amide bonds. The lowest BCUT2D eigenvalue weighted by atomic mass is 10.1. The molecular weight excluding hydrogens is 388 g/mol. The van der Waals surface area contributed by atoms with E-state index in [9.17, 15) is 9.59 Å². The molecule has 1 N–H and O–H groups in total. The minimum atomic E-state index is -0.388. The molecule has 29 heavy (non-hydrogen) atoms. The SMILES string of the molecule is CSc1cccc(N2C[C@@H](C(=O)Nc3ccc(N4CCOCC4)cn3)CC2=O)c1. The van der Waals surface area contributed by atoms with Crippen LogP contribution in [0.2, 0.25) is 0 Å². The minimum Gasteiger partial charge on any atom is -0.378 e. The predicted octanol–water partition coefficient (Wildman–Crippen LogP) is 2.63. The number of aromatic nitrogens is 1. The molecule has 2 aromatic rings. The number of rotatable bonds is 5. The van der Waals surface area contributed by atoms with Gasteiger partial charge in [0.05, 0.1) is 31.0 Å². The Morgan fingerprint density at radius 2 is 2.03 bits per heavy atom. The molecule has 2 saturated heterocycles. The van der Waals surface area contributed by atoms with Gasteiger partial charge in [-0.2, -0.15) is 0 Å². The van der Waals surface area contributed by atoms with Gasteiger partial charge in [-0.25, -0.2) is 4.98 Å². The van der Waals surface area contributed by atoms with Gasteiger partial charge in [0.15, 0.2) is 0 Å². The number of hydrogen-bond donors (Lipinski definition) is 1. The molecule has 2 aliphatic rings. The Balaban J connectivity index is 1.38. The first-order valence-corrected chi connectivity index (χ1v) is 10.9. The molecule has 4 rings (SSSR count). The molecule has 7 nitrogen and oxygen atoms in total. The number of carbonyl (C=O) groups is 2. The second-order valence-electron chi connectivity index (χ2n) is 7.10. The van der Waals surface area contributed by atoms with Crippen molar-refractivity contribution >= 4 is 40.8 Å². The number of nitrogens with zero attached hydrogens (tertiary/aromatic N) is 3.